The van der Waals surface area contributed by atoms with Crippen LogP contribution >= 0.6 is 0 Å². The van der Waals surface area contributed by atoms with Crippen molar-refractivity contribution in [3.05, 3.63) is 77.5 Å². The van der Waals surface area contributed by atoms with Gasteiger partial charge in [-0.3, -0.25) is 4.79 Å². The molecule has 0 fully saturated rings. The van der Waals surface area contributed by atoms with Gasteiger partial charge in [-0.15, -0.1) is 0 Å². The first kappa shape index (κ1) is 22.3. The van der Waals surface area contributed by atoms with Gasteiger partial charge >= 0.3 is 0 Å². The molecule has 9 heteroatoms. The minimum atomic E-state index is -0.338. The lowest BCUT2D eigenvalue weighted by atomic mass is 10.1. The maximum atomic E-state index is 14.0. The first-order valence-corrected chi connectivity index (χ1v) is 10.9. The van der Waals surface area contributed by atoms with Crippen molar-refractivity contribution in [2.24, 2.45) is 0 Å². The van der Waals surface area contributed by atoms with Gasteiger partial charge in [-0.1, -0.05) is 18.2 Å². The Morgan fingerprint density at radius 3 is 2.51 bits per heavy atom. The molecule has 0 bridgehead atoms. The summed E-state index contributed by atoms with van der Waals surface area (Å²) in [7, 11) is 4.62. The van der Waals surface area contributed by atoms with Crippen LogP contribution in [0.5, 0.6) is 17.2 Å². The molecule has 8 nitrogen and oxygen atoms in total. The number of nitrogens with zero attached hydrogens (tertiary/aromatic N) is 1. The van der Waals surface area contributed by atoms with Crippen LogP contribution in [0.4, 0.5) is 10.1 Å². The van der Waals surface area contributed by atoms with Gasteiger partial charge in [0.1, 0.15) is 23.1 Å². The van der Waals surface area contributed by atoms with Crippen molar-refractivity contribution in [3.63, 3.8) is 0 Å². The van der Waals surface area contributed by atoms with Crippen LogP contribution in [0.25, 0.3) is 21.9 Å². The molecule has 0 spiro atoms. The molecule has 3 N–H and O–H groups in total. The number of hydrogen-bond donors (Lipinski definition) is 3. The van der Waals surface area contributed by atoms with Crippen LogP contribution in [0.1, 0.15) is 21.9 Å². The van der Waals surface area contributed by atoms with E-state index in [1.807, 2.05) is 0 Å². The number of nitrogens with one attached hydrogen (secondary N) is 3. The number of ether oxygens (including phenoxy) is 3. The molecule has 0 atom stereocenters. The number of aromatic amines is 2. The van der Waals surface area contributed by atoms with Crippen LogP contribution in [0.15, 0.2) is 54.6 Å². The fourth-order valence-electron chi connectivity index (χ4n) is 4.10. The van der Waals surface area contributed by atoms with E-state index in [1.54, 1.807) is 55.6 Å². The average molecular weight is 474 g/mol. The van der Waals surface area contributed by atoms with E-state index in [-0.39, 0.29) is 11.7 Å². The van der Waals surface area contributed by atoms with Crippen molar-refractivity contribution in [1.82, 2.24) is 15.0 Å². The minimum Gasteiger partial charge on any atom is -0.496 e. The number of benzene rings is 3. The number of methoxy groups -OCH3 is 3. The third kappa shape index (κ3) is 4.12. The number of amides is 1. The highest BCUT2D eigenvalue weighted by atomic mass is 19.1. The molecule has 0 aliphatic heterocycles. The highest BCUT2D eigenvalue weighted by Gasteiger charge is 2.20. The van der Waals surface area contributed by atoms with E-state index in [1.165, 1.54) is 20.3 Å². The highest BCUT2D eigenvalue weighted by Crippen LogP contribution is 2.41. The Morgan fingerprint density at radius 2 is 1.77 bits per heavy atom. The maximum Gasteiger partial charge on any atom is 0.272 e. The lowest BCUT2D eigenvalue weighted by Gasteiger charge is -2.11. The summed E-state index contributed by atoms with van der Waals surface area (Å²) < 4.78 is 30.3. The number of H-pyrrole nitrogens is 2. The summed E-state index contributed by atoms with van der Waals surface area (Å²) in [6, 6.07) is 15.4. The van der Waals surface area contributed by atoms with Crippen molar-refractivity contribution in [3.8, 4) is 17.2 Å². The summed E-state index contributed by atoms with van der Waals surface area (Å²) in [6.45, 7) is 0. The van der Waals surface area contributed by atoms with Gasteiger partial charge in [-0.05, 0) is 35.9 Å². The van der Waals surface area contributed by atoms with Gasteiger partial charge in [0.2, 0.25) is 0 Å². The quantitative estimate of drug-likeness (QED) is 0.306. The number of aromatic nitrogens is 3. The zero-order valence-electron chi connectivity index (χ0n) is 19.4. The molecule has 0 unspecified atom stereocenters. The number of halogens is 1. The van der Waals surface area contributed by atoms with E-state index in [4.69, 9.17) is 14.2 Å². The summed E-state index contributed by atoms with van der Waals surface area (Å²) in [6.07, 6.45) is 0.339. The number of carbonyl (C=O) groups excluding carboxylic acids is 1. The predicted octanol–water partition coefficient (Wildman–Crippen LogP) is 5.05. The minimum absolute atomic E-state index is 0.273. The monoisotopic (exact) mass is 474 g/mol. The number of rotatable bonds is 7. The molecule has 0 saturated heterocycles. The van der Waals surface area contributed by atoms with Gasteiger partial charge in [-0.2, -0.15) is 0 Å². The third-order valence-electron chi connectivity index (χ3n) is 5.79. The third-order valence-corrected chi connectivity index (χ3v) is 5.79. The Kier molecular flexibility index (Phi) is 5.74. The largest absolute Gasteiger partial charge is 0.496 e. The molecule has 0 radical (unpaired) electrons. The van der Waals surface area contributed by atoms with Gasteiger partial charge in [-0.25, -0.2) is 9.37 Å². The van der Waals surface area contributed by atoms with Gasteiger partial charge in [0.15, 0.2) is 11.5 Å². The van der Waals surface area contributed by atoms with Crippen LogP contribution in [0.3, 0.4) is 0 Å². The summed E-state index contributed by atoms with van der Waals surface area (Å²) in [5.41, 5.74) is 3.52. The van der Waals surface area contributed by atoms with E-state index in [2.05, 4.69) is 20.3 Å². The van der Waals surface area contributed by atoms with Crippen molar-refractivity contribution in [2.45, 2.75) is 6.42 Å². The van der Waals surface area contributed by atoms with Crippen LogP contribution in [-0.4, -0.2) is 42.2 Å². The summed E-state index contributed by atoms with van der Waals surface area (Å²) in [4.78, 5) is 23.9. The summed E-state index contributed by atoms with van der Waals surface area (Å²) >= 11 is 0. The first-order chi connectivity index (χ1) is 17.0. The van der Waals surface area contributed by atoms with Crippen LogP contribution in [0.2, 0.25) is 0 Å². The highest BCUT2D eigenvalue weighted by molar-refractivity contribution is 6.08. The molecule has 178 valence electrons. The van der Waals surface area contributed by atoms with Crippen LogP contribution in [0, 0.1) is 5.82 Å². The number of anilines is 1. The van der Waals surface area contributed by atoms with Gasteiger partial charge in [0, 0.05) is 23.6 Å². The van der Waals surface area contributed by atoms with Gasteiger partial charge < -0.3 is 29.5 Å². The standard InChI is InChI=1S/C26H23FN4O4/c1-33-21-13-22(34-2)25(35-3)24-16(21)12-20(31-24)26(32)28-15-8-9-18-19(11-15)30-23(29-18)10-14-6-4-5-7-17(14)27/h4-9,11-13,31H,10H2,1-3H3,(H,28,32)(H,29,30). The number of imidazole rings is 1. The molecule has 0 aliphatic rings. The Bertz CT molecular complexity index is 1560. The fourth-order valence-corrected chi connectivity index (χ4v) is 4.10. The lowest BCUT2D eigenvalue weighted by Crippen LogP contribution is -2.12. The van der Waals surface area contributed by atoms with Gasteiger partial charge in [0.05, 0.1) is 37.9 Å². The van der Waals surface area contributed by atoms with E-state index < -0.39 is 0 Å². The Morgan fingerprint density at radius 1 is 0.971 bits per heavy atom. The molecule has 2 heterocycles. The molecule has 3 aromatic carbocycles. The molecule has 0 saturated carbocycles. The van der Waals surface area contributed by atoms with Gasteiger partial charge in [0.25, 0.3) is 5.91 Å². The molecular formula is C26H23FN4O4. The van der Waals surface area contributed by atoms with Crippen molar-refractivity contribution >= 4 is 33.5 Å². The second kappa shape index (κ2) is 9.02. The Balaban J connectivity index is 1.41. The molecule has 5 aromatic rings. The summed E-state index contributed by atoms with van der Waals surface area (Å²) in [5, 5.41) is 3.58. The molecule has 0 aliphatic carbocycles. The lowest BCUT2D eigenvalue weighted by molar-refractivity contribution is 0.102. The zero-order chi connectivity index (χ0) is 24.5. The first-order valence-electron chi connectivity index (χ1n) is 10.9. The maximum absolute atomic E-state index is 14.0. The number of hydrogen-bond acceptors (Lipinski definition) is 5. The van der Waals surface area contributed by atoms with E-state index in [0.29, 0.717) is 57.3 Å². The molecule has 2 aromatic heterocycles. The smallest absolute Gasteiger partial charge is 0.272 e. The SMILES string of the molecule is COc1cc(OC)c2cc(C(=O)Nc3ccc4nc(Cc5ccccc5F)[nH]c4c3)[nH]c2c1OC. The number of carbonyl (C=O) groups is 1. The Hall–Kier alpha value is -4.53. The molecule has 35 heavy (non-hydrogen) atoms. The van der Waals surface area contributed by atoms with Crippen molar-refractivity contribution in [2.75, 3.05) is 26.6 Å². The van der Waals surface area contributed by atoms with Crippen LogP contribution in [-0.2, 0) is 6.42 Å². The van der Waals surface area contributed by atoms with Crippen molar-refractivity contribution in [1.29, 1.82) is 0 Å². The topological polar surface area (TPSA) is 101 Å². The Labute approximate surface area is 200 Å². The molecule has 1 amide bonds. The molecule has 5 rings (SSSR count). The number of fused-ring (bicyclic) bond motifs is 2. The molecular weight excluding hydrogens is 451 g/mol. The van der Waals surface area contributed by atoms with E-state index >= 15 is 0 Å². The zero-order valence-corrected chi connectivity index (χ0v) is 19.4. The summed E-state index contributed by atoms with van der Waals surface area (Å²) in [5.74, 6) is 1.54. The average Bonchev–Trinajstić information content (AvgIpc) is 3.48. The van der Waals surface area contributed by atoms with Crippen LogP contribution < -0.4 is 19.5 Å². The fraction of sp³-hybridized carbons (Fsp3) is 0.154. The normalized spacial score (nSPS) is 11.1. The second-order valence-electron chi connectivity index (χ2n) is 7.92. The van der Waals surface area contributed by atoms with Crippen molar-refractivity contribution < 1.29 is 23.4 Å². The second-order valence-corrected chi connectivity index (χ2v) is 7.92. The van der Waals surface area contributed by atoms with E-state index in [0.717, 1.165) is 11.0 Å². The predicted molar refractivity (Wildman–Crippen MR) is 131 cm³/mol. The van der Waals surface area contributed by atoms with E-state index in [9.17, 15) is 9.18 Å².